The fourth-order valence-electron chi connectivity index (χ4n) is 1.82. The molecule has 1 aliphatic carbocycles. The first-order chi connectivity index (χ1) is 8.58. The van der Waals surface area contributed by atoms with Crippen LogP contribution in [-0.4, -0.2) is 28.5 Å². The molecular weight excluding hydrogens is 252 g/mol. The molecule has 0 radical (unpaired) electrons. The fourth-order valence-corrected chi connectivity index (χ4v) is 2.46. The van der Waals surface area contributed by atoms with Gasteiger partial charge in [-0.15, -0.1) is 11.3 Å². The Balaban J connectivity index is 1.82. The first kappa shape index (κ1) is 12.8. The van der Waals surface area contributed by atoms with E-state index in [-0.39, 0.29) is 11.7 Å². The molecule has 0 spiro atoms. The van der Waals surface area contributed by atoms with Crippen molar-refractivity contribution in [3.05, 3.63) is 16.1 Å². The second-order valence-electron chi connectivity index (χ2n) is 4.43. The van der Waals surface area contributed by atoms with E-state index in [1.807, 2.05) is 12.3 Å². The summed E-state index contributed by atoms with van der Waals surface area (Å²) in [6.45, 7) is 2.47. The van der Waals surface area contributed by atoms with Gasteiger partial charge in [0.1, 0.15) is 5.41 Å². The first-order valence-electron chi connectivity index (χ1n) is 5.76. The van der Waals surface area contributed by atoms with Crippen LogP contribution < -0.4 is 11.1 Å². The van der Waals surface area contributed by atoms with Gasteiger partial charge in [-0.25, -0.2) is 4.98 Å². The van der Waals surface area contributed by atoms with Crippen LogP contribution in [0, 0.1) is 12.3 Å². The zero-order valence-electron chi connectivity index (χ0n) is 10.1. The lowest BCUT2D eigenvalue weighted by Gasteiger charge is -2.13. The van der Waals surface area contributed by atoms with Crippen LogP contribution in [0.5, 0.6) is 0 Å². The van der Waals surface area contributed by atoms with Crippen LogP contribution in [0.15, 0.2) is 10.5 Å². The summed E-state index contributed by atoms with van der Waals surface area (Å²) in [7, 11) is 0. The summed E-state index contributed by atoms with van der Waals surface area (Å²) in [5, 5.41) is 17.4. The number of nitrogens with one attached hydrogen (secondary N) is 1. The van der Waals surface area contributed by atoms with Crippen LogP contribution in [0.1, 0.15) is 23.5 Å². The molecule has 1 aliphatic rings. The zero-order chi connectivity index (χ0) is 13.2. The van der Waals surface area contributed by atoms with Crippen molar-refractivity contribution >= 4 is 23.1 Å². The first-order valence-corrected chi connectivity index (χ1v) is 6.64. The molecule has 0 bridgehead atoms. The van der Waals surface area contributed by atoms with E-state index in [4.69, 9.17) is 10.9 Å². The number of amides is 1. The van der Waals surface area contributed by atoms with Crippen molar-refractivity contribution in [3.63, 3.8) is 0 Å². The van der Waals surface area contributed by atoms with Crippen LogP contribution in [0.2, 0.25) is 0 Å². The molecule has 0 atom stereocenters. The Bertz CT molecular complexity index is 479. The van der Waals surface area contributed by atoms with E-state index in [1.54, 1.807) is 11.3 Å². The van der Waals surface area contributed by atoms with Gasteiger partial charge in [0.15, 0.2) is 5.84 Å². The molecule has 0 unspecified atom stereocenters. The maximum Gasteiger partial charge on any atom is 0.233 e. The van der Waals surface area contributed by atoms with Crippen LogP contribution in [0.3, 0.4) is 0 Å². The molecule has 0 aliphatic heterocycles. The third-order valence-corrected chi connectivity index (χ3v) is 3.94. The number of carbonyl (C=O) groups excluding carboxylic acids is 1. The lowest BCUT2D eigenvalue weighted by atomic mass is 10.1. The lowest BCUT2D eigenvalue weighted by Crippen LogP contribution is -2.41. The summed E-state index contributed by atoms with van der Waals surface area (Å²) in [6, 6.07) is 0. The van der Waals surface area contributed by atoms with Crippen molar-refractivity contribution in [1.29, 1.82) is 0 Å². The molecule has 7 heteroatoms. The number of aromatic nitrogens is 1. The SMILES string of the molecule is Cc1nc(CCNC(=O)C2(C(N)=NO)CC2)cs1. The summed E-state index contributed by atoms with van der Waals surface area (Å²) in [5.41, 5.74) is 5.74. The Hall–Kier alpha value is -1.63. The van der Waals surface area contributed by atoms with Crippen molar-refractivity contribution < 1.29 is 10.0 Å². The summed E-state index contributed by atoms with van der Waals surface area (Å²) in [6.07, 6.45) is 1.98. The minimum atomic E-state index is -0.771. The summed E-state index contributed by atoms with van der Waals surface area (Å²) in [4.78, 5) is 16.2. The van der Waals surface area contributed by atoms with Crippen molar-refractivity contribution in [2.75, 3.05) is 6.54 Å². The van der Waals surface area contributed by atoms with Gasteiger partial charge in [0.05, 0.1) is 10.7 Å². The smallest absolute Gasteiger partial charge is 0.233 e. The summed E-state index contributed by atoms with van der Waals surface area (Å²) >= 11 is 1.59. The van der Waals surface area contributed by atoms with Crippen LogP contribution in [-0.2, 0) is 11.2 Å². The molecule has 1 heterocycles. The zero-order valence-corrected chi connectivity index (χ0v) is 11.0. The van der Waals surface area contributed by atoms with Crippen LogP contribution in [0.25, 0.3) is 0 Å². The average Bonchev–Trinajstić information content (AvgIpc) is 3.07. The quantitative estimate of drug-likeness (QED) is 0.316. The van der Waals surface area contributed by atoms with E-state index in [0.29, 0.717) is 25.8 Å². The number of thiazole rings is 1. The minimum absolute atomic E-state index is 0.00417. The van der Waals surface area contributed by atoms with Gasteiger partial charge in [0.25, 0.3) is 0 Å². The average molecular weight is 268 g/mol. The van der Waals surface area contributed by atoms with Gasteiger partial charge < -0.3 is 16.3 Å². The number of carbonyl (C=O) groups is 1. The van der Waals surface area contributed by atoms with Crippen LogP contribution >= 0.6 is 11.3 Å². The number of rotatable bonds is 5. The fraction of sp³-hybridized carbons (Fsp3) is 0.545. The van der Waals surface area contributed by atoms with Crippen LogP contribution in [0.4, 0.5) is 0 Å². The Morgan fingerprint density at radius 3 is 2.94 bits per heavy atom. The number of hydrogen-bond donors (Lipinski definition) is 3. The highest BCUT2D eigenvalue weighted by molar-refractivity contribution is 7.09. The summed E-state index contributed by atoms with van der Waals surface area (Å²) < 4.78 is 0. The van der Waals surface area contributed by atoms with Crippen molar-refractivity contribution in [3.8, 4) is 0 Å². The van der Waals surface area contributed by atoms with E-state index in [2.05, 4.69) is 15.5 Å². The van der Waals surface area contributed by atoms with E-state index in [9.17, 15) is 4.79 Å². The van der Waals surface area contributed by atoms with E-state index < -0.39 is 5.41 Å². The molecule has 6 nitrogen and oxygen atoms in total. The maximum absolute atomic E-state index is 11.9. The molecule has 1 fully saturated rings. The number of nitrogens with zero attached hydrogens (tertiary/aromatic N) is 2. The topological polar surface area (TPSA) is 101 Å². The monoisotopic (exact) mass is 268 g/mol. The molecule has 18 heavy (non-hydrogen) atoms. The molecule has 0 saturated heterocycles. The number of aryl methyl sites for hydroxylation is 1. The molecular formula is C11H16N4O2S. The highest BCUT2D eigenvalue weighted by atomic mass is 32.1. The van der Waals surface area contributed by atoms with Crippen molar-refractivity contribution in [2.24, 2.45) is 16.3 Å². The molecule has 0 aromatic carbocycles. The molecule has 4 N–H and O–H groups in total. The standard InChI is InChI=1S/C11H16N4O2S/c1-7-14-8(6-18-7)2-5-13-10(16)11(3-4-11)9(12)15-17/h6,17H,2-5H2,1H3,(H2,12,15)(H,13,16). The predicted molar refractivity (Wildman–Crippen MR) is 68.6 cm³/mol. The molecule has 2 rings (SSSR count). The number of hydrogen-bond acceptors (Lipinski definition) is 5. The van der Waals surface area contributed by atoms with Gasteiger partial charge in [0.2, 0.25) is 5.91 Å². The summed E-state index contributed by atoms with van der Waals surface area (Å²) in [5.74, 6) is -0.158. The number of nitrogens with two attached hydrogens (primary N) is 1. The Morgan fingerprint density at radius 1 is 1.72 bits per heavy atom. The van der Waals surface area contributed by atoms with Gasteiger partial charge in [-0.2, -0.15) is 0 Å². The third kappa shape index (κ3) is 2.45. The van der Waals surface area contributed by atoms with Gasteiger partial charge >= 0.3 is 0 Å². The molecule has 1 aromatic rings. The Kier molecular flexibility index (Phi) is 3.51. The van der Waals surface area contributed by atoms with E-state index >= 15 is 0 Å². The van der Waals surface area contributed by atoms with Gasteiger partial charge in [-0.3, -0.25) is 4.79 Å². The largest absolute Gasteiger partial charge is 0.409 e. The van der Waals surface area contributed by atoms with Crippen molar-refractivity contribution in [2.45, 2.75) is 26.2 Å². The lowest BCUT2D eigenvalue weighted by molar-refractivity contribution is -0.124. The number of oxime groups is 1. The second-order valence-corrected chi connectivity index (χ2v) is 5.49. The molecule has 1 amide bonds. The third-order valence-electron chi connectivity index (χ3n) is 3.12. The molecule has 1 aromatic heterocycles. The number of amidine groups is 1. The van der Waals surface area contributed by atoms with E-state index in [1.165, 1.54) is 0 Å². The van der Waals surface area contributed by atoms with Gasteiger partial charge in [0, 0.05) is 18.3 Å². The van der Waals surface area contributed by atoms with Gasteiger partial charge in [-0.05, 0) is 19.8 Å². The Morgan fingerprint density at radius 2 is 2.44 bits per heavy atom. The normalized spacial score (nSPS) is 17.5. The minimum Gasteiger partial charge on any atom is -0.409 e. The predicted octanol–water partition coefficient (Wildman–Crippen LogP) is 0.637. The van der Waals surface area contributed by atoms with Gasteiger partial charge in [-0.1, -0.05) is 5.16 Å². The van der Waals surface area contributed by atoms with Crippen molar-refractivity contribution in [1.82, 2.24) is 10.3 Å². The Labute approximate surface area is 109 Å². The second kappa shape index (κ2) is 4.93. The maximum atomic E-state index is 11.9. The van der Waals surface area contributed by atoms with E-state index in [0.717, 1.165) is 10.7 Å². The molecule has 1 saturated carbocycles. The molecule has 98 valence electrons. The highest BCUT2D eigenvalue weighted by Crippen LogP contribution is 2.45. The highest BCUT2D eigenvalue weighted by Gasteiger charge is 2.54.